The van der Waals surface area contributed by atoms with Gasteiger partial charge >= 0.3 is 0 Å². The molecule has 2 rings (SSSR count). The molecule has 22 heavy (non-hydrogen) atoms. The Morgan fingerprint density at radius 1 is 1.41 bits per heavy atom. The third-order valence-electron chi connectivity index (χ3n) is 4.44. The number of likely N-dealkylation sites (tertiary alicyclic amines) is 1. The number of hydrogen-bond donors (Lipinski definition) is 2. The average Bonchev–Trinajstić information content (AvgIpc) is 2.43. The lowest BCUT2D eigenvalue weighted by Crippen LogP contribution is -2.54. The molecule has 5 heteroatoms. The topological polar surface area (TPSA) is 58.4 Å². The zero-order valence-electron chi connectivity index (χ0n) is 13.7. The van der Waals surface area contributed by atoms with Gasteiger partial charge in [0.25, 0.3) is 0 Å². The van der Waals surface area contributed by atoms with Crippen molar-refractivity contribution >= 4 is 18.3 Å². The van der Waals surface area contributed by atoms with Crippen molar-refractivity contribution in [3.05, 3.63) is 35.9 Å². The molecule has 1 aliphatic heterocycles. The first-order valence-electron chi connectivity index (χ1n) is 7.71. The molecule has 1 heterocycles. The highest BCUT2D eigenvalue weighted by Gasteiger charge is 2.33. The van der Waals surface area contributed by atoms with Crippen LogP contribution in [0.3, 0.4) is 0 Å². The van der Waals surface area contributed by atoms with Crippen LogP contribution in [-0.2, 0) is 4.79 Å². The van der Waals surface area contributed by atoms with Gasteiger partial charge in [-0.2, -0.15) is 0 Å². The molecule has 2 unspecified atom stereocenters. The second-order valence-corrected chi connectivity index (χ2v) is 6.79. The van der Waals surface area contributed by atoms with E-state index >= 15 is 0 Å². The van der Waals surface area contributed by atoms with Crippen molar-refractivity contribution < 1.29 is 4.79 Å². The van der Waals surface area contributed by atoms with E-state index < -0.39 is 0 Å². The van der Waals surface area contributed by atoms with Gasteiger partial charge in [0.15, 0.2) is 0 Å². The number of nitrogens with one attached hydrogen (secondary N) is 1. The summed E-state index contributed by atoms with van der Waals surface area (Å²) in [7, 11) is 0. The van der Waals surface area contributed by atoms with Crippen molar-refractivity contribution in [3.8, 4) is 0 Å². The van der Waals surface area contributed by atoms with Gasteiger partial charge in [0.2, 0.25) is 5.91 Å². The Bertz CT molecular complexity index is 478. The Morgan fingerprint density at radius 2 is 2.05 bits per heavy atom. The van der Waals surface area contributed by atoms with Crippen LogP contribution in [-0.4, -0.2) is 36.5 Å². The van der Waals surface area contributed by atoms with Crippen LogP contribution < -0.4 is 11.1 Å². The summed E-state index contributed by atoms with van der Waals surface area (Å²) in [6.45, 7) is 8.60. The molecule has 1 fully saturated rings. The summed E-state index contributed by atoms with van der Waals surface area (Å²) in [4.78, 5) is 14.4. The minimum atomic E-state index is 0. The number of piperidine rings is 1. The van der Waals surface area contributed by atoms with E-state index in [9.17, 15) is 4.79 Å². The van der Waals surface area contributed by atoms with Crippen LogP contribution in [0.4, 0.5) is 0 Å². The number of carbonyl (C=O) groups excluding carboxylic acids is 1. The second kappa shape index (κ2) is 7.95. The highest BCUT2D eigenvalue weighted by atomic mass is 35.5. The number of nitrogens with zero attached hydrogens (tertiary/aromatic N) is 1. The van der Waals surface area contributed by atoms with E-state index in [2.05, 4.69) is 24.1 Å². The minimum absolute atomic E-state index is 0. The van der Waals surface area contributed by atoms with E-state index in [1.165, 1.54) is 0 Å². The van der Waals surface area contributed by atoms with Crippen molar-refractivity contribution in [1.29, 1.82) is 0 Å². The average molecular weight is 326 g/mol. The maximum absolute atomic E-state index is 12.2. The van der Waals surface area contributed by atoms with Gasteiger partial charge in [-0.3, -0.25) is 9.69 Å². The van der Waals surface area contributed by atoms with Crippen LogP contribution in [0.2, 0.25) is 0 Å². The maximum Gasteiger partial charge on any atom is 0.234 e. The molecule has 1 aromatic rings. The molecule has 4 nitrogen and oxygen atoms in total. The molecule has 1 aromatic carbocycles. The number of benzene rings is 1. The van der Waals surface area contributed by atoms with Gasteiger partial charge in [-0.25, -0.2) is 0 Å². The van der Waals surface area contributed by atoms with Gasteiger partial charge in [0, 0.05) is 19.1 Å². The molecule has 0 aromatic heterocycles. The summed E-state index contributed by atoms with van der Waals surface area (Å²) >= 11 is 0. The lowest BCUT2D eigenvalue weighted by Gasteiger charge is -2.42. The van der Waals surface area contributed by atoms with E-state index in [1.54, 1.807) is 0 Å². The van der Waals surface area contributed by atoms with E-state index in [4.69, 9.17) is 5.73 Å². The highest BCUT2D eigenvalue weighted by Crippen LogP contribution is 2.27. The number of rotatable bonds is 4. The molecule has 0 saturated carbocycles. The maximum atomic E-state index is 12.2. The highest BCUT2D eigenvalue weighted by molar-refractivity contribution is 5.85. The molecule has 3 N–H and O–H groups in total. The summed E-state index contributed by atoms with van der Waals surface area (Å²) in [6.07, 6.45) is 0.953. The van der Waals surface area contributed by atoms with Crippen molar-refractivity contribution in [3.63, 3.8) is 0 Å². The van der Waals surface area contributed by atoms with Crippen LogP contribution in [0.25, 0.3) is 0 Å². The summed E-state index contributed by atoms with van der Waals surface area (Å²) in [5.41, 5.74) is 7.34. The van der Waals surface area contributed by atoms with E-state index in [1.807, 2.05) is 37.3 Å². The number of amides is 1. The lowest BCUT2D eigenvalue weighted by molar-refractivity contribution is -0.123. The fourth-order valence-electron chi connectivity index (χ4n) is 2.94. The molecule has 0 radical (unpaired) electrons. The molecular formula is C17H28ClN3O. The molecule has 1 aliphatic rings. The zero-order chi connectivity index (χ0) is 15.5. The van der Waals surface area contributed by atoms with E-state index in [-0.39, 0.29) is 35.8 Å². The first-order chi connectivity index (χ1) is 9.88. The van der Waals surface area contributed by atoms with Crippen LogP contribution >= 0.6 is 12.4 Å². The van der Waals surface area contributed by atoms with Crippen molar-refractivity contribution in [2.75, 3.05) is 19.6 Å². The smallest absolute Gasteiger partial charge is 0.234 e. The normalized spacial score (nSPS) is 22.5. The SMILES string of the molecule is CC(NC(=O)CN1CCC(N)C(C)(C)C1)c1ccccc1.Cl. The van der Waals surface area contributed by atoms with Gasteiger partial charge in [-0.05, 0) is 24.3 Å². The van der Waals surface area contributed by atoms with Crippen LogP contribution in [0, 0.1) is 5.41 Å². The standard InChI is InChI=1S/C17H27N3O.ClH/c1-13(14-7-5-4-6-8-14)19-16(21)11-20-10-9-15(18)17(2,3)12-20;/h4-8,13,15H,9-12,18H2,1-3H3,(H,19,21);1H. The van der Waals surface area contributed by atoms with Gasteiger partial charge in [-0.15, -0.1) is 12.4 Å². The largest absolute Gasteiger partial charge is 0.348 e. The Morgan fingerprint density at radius 3 is 2.64 bits per heavy atom. The van der Waals surface area contributed by atoms with Gasteiger partial charge in [0.1, 0.15) is 0 Å². The molecule has 0 spiro atoms. The van der Waals surface area contributed by atoms with Crippen molar-refractivity contribution in [2.24, 2.45) is 11.1 Å². The molecule has 0 bridgehead atoms. The Hall–Kier alpha value is -1.10. The predicted molar refractivity (Wildman–Crippen MR) is 93.1 cm³/mol. The van der Waals surface area contributed by atoms with Crippen LogP contribution in [0.1, 0.15) is 38.8 Å². The van der Waals surface area contributed by atoms with Crippen molar-refractivity contribution in [2.45, 2.75) is 39.3 Å². The predicted octanol–water partition coefficient (Wildman–Crippen LogP) is 2.34. The number of hydrogen-bond acceptors (Lipinski definition) is 3. The van der Waals surface area contributed by atoms with Gasteiger partial charge < -0.3 is 11.1 Å². The number of carbonyl (C=O) groups is 1. The fourth-order valence-corrected chi connectivity index (χ4v) is 2.94. The minimum Gasteiger partial charge on any atom is -0.348 e. The summed E-state index contributed by atoms with van der Waals surface area (Å²) in [5, 5.41) is 3.07. The number of halogens is 1. The Balaban J connectivity index is 0.00000242. The van der Waals surface area contributed by atoms with Crippen LogP contribution in [0.5, 0.6) is 0 Å². The van der Waals surface area contributed by atoms with Crippen LogP contribution in [0.15, 0.2) is 30.3 Å². The van der Waals surface area contributed by atoms with E-state index in [0.29, 0.717) is 6.54 Å². The Labute approximate surface area is 139 Å². The summed E-state index contributed by atoms with van der Waals surface area (Å²) < 4.78 is 0. The second-order valence-electron chi connectivity index (χ2n) is 6.79. The van der Waals surface area contributed by atoms with Gasteiger partial charge in [0.05, 0.1) is 12.6 Å². The fraction of sp³-hybridized carbons (Fsp3) is 0.588. The quantitative estimate of drug-likeness (QED) is 0.893. The first kappa shape index (κ1) is 18.9. The zero-order valence-corrected chi connectivity index (χ0v) is 14.5. The molecule has 1 saturated heterocycles. The number of nitrogens with two attached hydrogens (primary N) is 1. The Kier molecular flexibility index (Phi) is 6.85. The molecular weight excluding hydrogens is 298 g/mol. The van der Waals surface area contributed by atoms with E-state index in [0.717, 1.165) is 25.1 Å². The third kappa shape index (κ3) is 4.97. The summed E-state index contributed by atoms with van der Waals surface area (Å²) in [5.74, 6) is 0.0811. The molecule has 2 atom stereocenters. The lowest BCUT2D eigenvalue weighted by atomic mass is 9.80. The third-order valence-corrected chi connectivity index (χ3v) is 4.44. The summed E-state index contributed by atoms with van der Waals surface area (Å²) in [6, 6.07) is 10.3. The molecule has 0 aliphatic carbocycles. The molecule has 124 valence electrons. The van der Waals surface area contributed by atoms with Crippen molar-refractivity contribution in [1.82, 2.24) is 10.2 Å². The molecule has 1 amide bonds. The first-order valence-corrected chi connectivity index (χ1v) is 7.71. The monoisotopic (exact) mass is 325 g/mol. The van der Waals surface area contributed by atoms with Gasteiger partial charge in [-0.1, -0.05) is 44.2 Å².